The molecule has 3 aromatic rings. The van der Waals surface area contributed by atoms with Crippen molar-refractivity contribution in [1.82, 2.24) is 0 Å². The fourth-order valence-corrected chi connectivity index (χ4v) is 3.47. The van der Waals surface area contributed by atoms with Gasteiger partial charge in [-0.15, -0.1) is 0 Å². The molecule has 2 atom stereocenters. The van der Waals surface area contributed by atoms with E-state index in [1.165, 1.54) is 22.3 Å². The molecule has 1 aliphatic heterocycles. The van der Waals surface area contributed by atoms with Crippen LogP contribution in [-0.2, 0) is 0 Å². The highest BCUT2D eigenvalue weighted by atomic mass is 16.5. The van der Waals surface area contributed by atoms with E-state index >= 15 is 0 Å². The van der Waals surface area contributed by atoms with Gasteiger partial charge in [0.2, 0.25) is 0 Å². The van der Waals surface area contributed by atoms with E-state index in [1.807, 2.05) is 0 Å². The lowest BCUT2D eigenvalue weighted by atomic mass is 9.86. The second kappa shape index (κ2) is 6.98. The number of fused-ring (bicyclic) bond motifs is 1. The molecule has 124 valence electrons. The molecule has 0 fully saturated rings. The molecule has 0 bridgehead atoms. The molecule has 1 nitrogen and oxygen atoms in total. The Kier molecular flexibility index (Phi) is 4.39. The number of allylic oxidation sites excluding steroid dienone is 1. The number of rotatable bonds is 3. The van der Waals surface area contributed by atoms with Crippen molar-refractivity contribution >= 4 is 6.08 Å². The van der Waals surface area contributed by atoms with Crippen molar-refractivity contribution < 1.29 is 4.74 Å². The van der Waals surface area contributed by atoms with Crippen LogP contribution in [0, 0.1) is 6.92 Å². The summed E-state index contributed by atoms with van der Waals surface area (Å²) in [5.41, 5.74) is 5.05. The van der Waals surface area contributed by atoms with Crippen LogP contribution in [0.4, 0.5) is 0 Å². The molecule has 0 aromatic heterocycles. The molecule has 0 amide bonds. The number of ether oxygens (including phenoxy) is 1. The summed E-state index contributed by atoms with van der Waals surface area (Å²) in [5, 5.41) is 0. The van der Waals surface area contributed by atoms with Crippen LogP contribution in [0.3, 0.4) is 0 Å². The molecule has 0 radical (unpaired) electrons. The van der Waals surface area contributed by atoms with Gasteiger partial charge in [-0.1, -0.05) is 90.5 Å². The minimum atomic E-state index is 0.0989. The van der Waals surface area contributed by atoms with Gasteiger partial charge < -0.3 is 4.74 Å². The van der Waals surface area contributed by atoms with E-state index in [0.29, 0.717) is 5.92 Å². The average Bonchev–Trinajstić information content (AvgIpc) is 2.67. The van der Waals surface area contributed by atoms with Gasteiger partial charge in [-0.2, -0.15) is 0 Å². The summed E-state index contributed by atoms with van der Waals surface area (Å²) in [6.45, 7) is 2.14. The van der Waals surface area contributed by atoms with Crippen molar-refractivity contribution in [2.24, 2.45) is 0 Å². The first-order valence-electron chi connectivity index (χ1n) is 8.85. The lowest BCUT2D eigenvalue weighted by Gasteiger charge is -2.31. The normalized spacial score (nSPS) is 19.4. The zero-order chi connectivity index (χ0) is 17.1. The molecular weight excluding hydrogens is 304 g/mol. The third-order valence-corrected chi connectivity index (χ3v) is 4.79. The first-order chi connectivity index (χ1) is 12.3. The van der Waals surface area contributed by atoms with Crippen LogP contribution < -0.4 is 4.74 Å². The van der Waals surface area contributed by atoms with Crippen molar-refractivity contribution in [3.8, 4) is 5.75 Å². The molecule has 0 aliphatic carbocycles. The van der Waals surface area contributed by atoms with Crippen molar-refractivity contribution in [3.05, 3.63) is 107 Å². The predicted molar refractivity (Wildman–Crippen MR) is 104 cm³/mol. The molecule has 1 heteroatoms. The summed E-state index contributed by atoms with van der Waals surface area (Å²) < 4.78 is 6.32. The van der Waals surface area contributed by atoms with Gasteiger partial charge in [-0.25, -0.2) is 0 Å². The zero-order valence-corrected chi connectivity index (χ0v) is 14.4. The predicted octanol–water partition coefficient (Wildman–Crippen LogP) is 6.32. The Morgan fingerprint density at radius 2 is 1.60 bits per heavy atom. The van der Waals surface area contributed by atoms with E-state index in [9.17, 15) is 0 Å². The van der Waals surface area contributed by atoms with Gasteiger partial charge in [-0.05, 0) is 30.5 Å². The Hall–Kier alpha value is -2.80. The summed E-state index contributed by atoms with van der Waals surface area (Å²) in [5.74, 6) is 1.36. The monoisotopic (exact) mass is 326 g/mol. The van der Waals surface area contributed by atoms with Crippen molar-refractivity contribution in [2.45, 2.75) is 25.4 Å². The van der Waals surface area contributed by atoms with Crippen LogP contribution >= 0.6 is 0 Å². The van der Waals surface area contributed by atoms with Gasteiger partial charge in [0.05, 0.1) is 0 Å². The molecule has 3 aromatic carbocycles. The van der Waals surface area contributed by atoms with Crippen LogP contribution in [0.5, 0.6) is 5.75 Å². The highest BCUT2D eigenvalue weighted by Gasteiger charge is 2.27. The second-order valence-corrected chi connectivity index (χ2v) is 6.67. The summed E-state index contributed by atoms with van der Waals surface area (Å²) in [6, 6.07) is 27.5. The van der Waals surface area contributed by atoms with E-state index in [-0.39, 0.29) is 6.10 Å². The van der Waals surface area contributed by atoms with E-state index in [4.69, 9.17) is 4.74 Å². The highest BCUT2D eigenvalue weighted by molar-refractivity contribution is 5.53. The van der Waals surface area contributed by atoms with Gasteiger partial charge in [0.25, 0.3) is 0 Å². The average molecular weight is 326 g/mol. The van der Waals surface area contributed by atoms with Crippen LogP contribution in [-0.4, -0.2) is 0 Å². The Bertz CT molecular complexity index is 865. The Labute approximate surface area is 149 Å². The largest absolute Gasteiger partial charge is 0.485 e. The Morgan fingerprint density at radius 1 is 0.880 bits per heavy atom. The molecule has 0 N–H and O–H groups in total. The number of benzene rings is 3. The SMILES string of the molecule is Cc1ccc2c(c1)[C@@H](/C=C/c1ccccc1)C[C@@H](c1ccccc1)O2. The van der Waals surface area contributed by atoms with E-state index in [2.05, 4.69) is 97.9 Å². The molecular formula is C24H22O. The van der Waals surface area contributed by atoms with Crippen molar-refractivity contribution in [2.75, 3.05) is 0 Å². The minimum absolute atomic E-state index is 0.0989. The summed E-state index contributed by atoms with van der Waals surface area (Å²) in [4.78, 5) is 0. The Balaban J connectivity index is 1.68. The zero-order valence-electron chi connectivity index (χ0n) is 14.4. The van der Waals surface area contributed by atoms with Crippen LogP contribution in [0.25, 0.3) is 6.08 Å². The van der Waals surface area contributed by atoms with E-state index in [0.717, 1.165) is 12.2 Å². The van der Waals surface area contributed by atoms with Crippen molar-refractivity contribution in [3.63, 3.8) is 0 Å². The van der Waals surface area contributed by atoms with Crippen molar-refractivity contribution in [1.29, 1.82) is 0 Å². The number of aryl methyl sites for hydroxylation is 1. The topological polar surface area (TPSA) is 9.23 Å². The van der Waals surface area contributed by atoms with Crippen LogP contribution in [0.1, 0.15) is 40.7 Å². The molecule has 0 spiro atoms. The quantitative estimate of drug-likeness (QED) is 0.547. The second-order valence-electron chi connectivity index (χ2n) is 6.67. The smallest absolute Gasteiger partial charge is 0.125 e. The van der Waals surface area contributed by atoms with Crippen LogP contribution in [0.15, 0.2) is 84.9 Å². The molecule has 25 heavy (non-hydrogen) atoms. The molecule has 0 saturated carbocycles. The summed E-state index contributed by atoms with van der Waals surface area (Å²) in [7, 11) is 0. The lowest BCUT2D eigenvalue weighted by molar-refractivity contribution is 0.169. The number of hydrogen-bond acceptors (Lipinski definition) is 1. The molecule has 4 rings (SSSR count). The van der Waals surface area contributed by atoms with Gasteiger partial charge >= 0.3 is 0 Å². The maximum Gasteiger partial charge on any atom is 0.125 e. The van der Waals surface area contributed by atoms with Gasteiger partial charge in [0.15, 0.2) is 0 Å². The van der Waals surface area contributed by atoms with Crippen LogP contribution in [0.2, 0.25) is 0 Å². The highest BCUT2D eigenvalue weighted by Crippen LogP contribution is 2.43. The first kappa shape index (κ1) is 15.7. The number of hydrogen-bond donors (Lipinski definition) is 0. The van der Waals surface area contributed by atoms with E-state index in [1.54, 1.807) is 0 Å². The van der Waals surface area contributed by atoms with Gasteiger partial charge in [0.1, 0.15) is 11.9 Å². The standard InChI is InChI=1S/C24H22O/c1-18-12-15-23-22(16-18)21(14-13-19-8-4-2-5-9-19)17-24(25-23)20-10-6-3-7-11-20/h2-16,21,24H,17H2,1H3/b14-13+/t21-,24-/m0/s1. The Morgan fingerprint density at radius 3 is 2.36 bits per heavy atom. The minimum Gasteiger partial charge on any atom is -0.485 e. The summed E-state index contributed by atoms with van der Waals surface area (Å²) in [6.07, 6.45) is 5.61. The fourth-order valence-electron chi connectivity index (χ4n) is 3.47. The molecule has 0 unspecified atom stereocenters. The third-order valence-electron chi connectivity index (χ3n) is 4.79. The van der Waals surface area contributed by atoms with E-state index < -0.39 is 0 Å². The maximum atomic E-state index is 6.32. The molecule has 1 aliphatic rings. The first-order valence-corrected chi connectivity index (χ1v) is 8.85. The fraction of sp³-hybridized carbons (Fsp3) is 0.167. The maximum absolute atomic E-state index is 6.32. The third kappa shape index (κ3) is 3.51. The molecule has 0 saturated heterocycles. The summed E-state index contributed by atoms with van der Waals surface area (Å²) >= 11 is 0. The van der Waals surface area contributed by atoms with Gasteiger partial charge in [0, 0.05) is 11.5 Å². The lowest BCUT2D eigenvalue weighted by Crippen LogP contribution is -2.18. The molecule has 1 heterocycles. The van der Waals surface area contributed by atoms with Gasteiger partial charge in [-0.3, -0.25) is 0 Å².